The van der Waals surface area contributed by atoms with Crippen molar-refractivity contribution in [1.82, 2.24) is 14.2 Å². The molecule has 9 heteroatoms. The van der Waals surface area contributed by atoms with Crippen molar-refractivity contribution in [3.8, 4) is 17.0 Å². The number of nitrogens with zero attached hydrogens (tertiary/aromatic N) is 3. The zero-order valence-electron chi connectivity index (χ0n) is 17.3. The molecular weight excluding hydrogens is 415 g/mol. The zero-order chi connectivity index (χ0) is 22.7. The molecule has 0 aliphatic carbocycles. The molecule has 0 atom stereocenters. The molecule has 2 aromatic carbocycles. The van der Waals surface area contributed by atoms with E-state index in [1.54, 1.807) is 24.3 Å². The van der Waals surface area contributed by atoms with E-state index in [1.165, 1.54) is 45.7 Å². The number of aliphatic hydroxyl groups excluding tert-OH is 1. The normalized spacial score (nSPS) is 11.0. The van der Waals surface area contributed by atoms with E-state index in [2.05, 4.69) is 10.4 Å². The number of aromatic nitrogens is 3. The highest BCUT2D eigenvalue weighted by Gasteiger charge is 2.19. The van der Waals surface area contributed by atoms with Crippen LogP contribution in [0.5, 0.6) is 5.75 Å². The van der Waals surface area contributed by atoms with Gasteiger partial charge in [0, 0.05) is 23.5 Å². The number of rotatable bonds is 7. The Morgan fingerprint density at radius 2 is 1.91 bits per heavy atom. The van der Waals surface area contributed by atoms with E-state index in [-0.39, 0.29) is 12.1 Å². The first kappa shape index (κ1) is 21.3. The van der Waals surface area contributed by atoms with Crippen LogP contribution in [-0.2, 0) is 17.9 Å². The summed E-state index contributed by atoms with van der Waals surface area (Å²) in [5, 5.41) is 17.0. The van der Waals surface area contributed by atoms with E-state index in [4.69, 9.17) is 4.74 Å². The van der Waals surface area contributed by atoms with Crippen molar-refractivity contribution >= 4 is 17.1 Å². The quantitative estimate of drug-likeness (QED) is 0.464. The zero-order valence-corrected chi connectivity index (χ0v) is 17.3. The predicted octanol–water partition coefficient (Wildman–Crippen LogP) is 2.83. The van der Waals surface area contributed by atoms with Gasteiger partial charge in [0.1, 0.15) is 23.6 Å². The predicted molar refractivity (Wildman–Crippen MR) is 117 cm³/mol. The molecule has 2 N–H and O–H groups in total. The summed E-state index contributed by atoms with van der Waals surface area (Å²) in [6.45, 7) is 1.61. The van der Waals surface area contributed by atoms with Gasteiger partial charge in [0.15, 0.2) is 0 Å². The third kappa shape index (κ3) is 4.10. The van der Waals surface area contributed by atoms with E-state index in [0.29, 0.717) is 34.9 Å². The molecule has 2 heterocycles. The van der Waals surface area contributed by atoms with Gasteiger partial charge in [-0.2, -0.15) is 5.10 Å². The van der Waals surface area contributed by atoms with Gasteiger partial charge in [-0.25, -0.2) is 8.91 Å². The van der Waals surface area contributed by atoms with E-state index in [0.717, 1.165) is 0 Å². The minimum absolute atomic E-state index is 0.150. The number of carbonyl (C=O) groups is 1. The van der Waals surface area contributed by atoms with Crippen LogP contribution in [0.2, 0.25) is 0 Å². The molecule has 0 radical (unpaired) electrons. The maximum atomic E-state index is 13.3. The lowest BCUT2D eigenvalue weighted by Crippen LogP contribution is -2.28. The van der Waals surface area contributed by atoms with Crippen LogP contribution in [0.1, 0.15) is 12.5 Å². The Bertz CT molecular complexity index is 1330. The van der Waals surface area contributed by atoms with E-state index in [9.17, 15) is 19.1 Å². The second-order valence-electron chi connectivity index (χ2n) is 6.99. The molecule has 0 bridgehead atoms. The maximum Gasteiger partial charge on any atom is 0.277 e. The summed E-state index contributed by atoms with van der Waals surface area (Å²) in [4.78, 5) is 25.7. The number of ether oxygens (including phenoxy) is 1. The van der Waals surface area contributed by atoms with Crippen molar-refractivity contribution in [1.29, 1.82) is 0 Å². The first-order chi connectivity index (χ1) is 15.5. The van der Waals surface area contributed by atoms with Crippen LogP contribution in [0.25, 0.3) is 16.8 Å². The molecular formula is C23H21FN4O4. The van der Waals surface area contributed by atoms with Gasteiger partial charge in [0.2, 0.25) is 5.91 Å². The second kappa shape index (κ2) is 9.03. The first-order valence-electron chi connectivity index (χ1n) is 10.0. The summed E-state index contributed by atoms with van der Waals surface area (Å²) in [5.74, 6) is -0.275. The van der Waals surface area contributed by atoms with Crippen molar-refractivity contribution < 1.29 is 19.0 Å². The van der Waals surface area contributed by atoms with Gasteiger partial charge in [-0.1, -0.05) is 12.1 Å². The van der Waals surface area contributed by atoms with Crippen LogP contribution >= 0.6 is 0 Å². The number of nitrogens with one attached hydrogen (secondary N) is 1. The molecule has 8 nitrogen and oxygen atoms in total. The molecule has 0 unspecified atom stereocenters. The number of fused-ring (bicyclic) bond motifs is 1. The standard InChI is InChI=1S/C23H21FN4O4/c1-2-32-19-6-4-3-5-18(19)25-20(30)13-27-11-12-28-22(23(27)31)17(14-29)21(26-28)15-7-9-16(24)10-8-15/h3-12,29H,2,13-14H2,1H3,(H,25,30). The summed E-state index contributed by atoms with van der Waals surface area (Å²) in [6.07, 6.45) is 2.98. The fourth-order valence-electron chi connectivity index (χ4n) is 3.46. The molecule has 4 aromatic rings. The minimum Gasteiger partial charge on any atom is -0.492 e. The average Bonchev–Trinajstić information content (AvgIpc) is 3.17. The van der Waals surface area contributed by atoms with E-state index < -0.39 is 23.9 Å². The van der Waals surface area contributed by atoms with Crippen molar-refractivity contribution in [3.05, 3.63) is 82.7 Å². The highest BCUT2D eigenvalue weighted by atomic mass is 19.1. The molecule has 0 saturated carbocycles. The number of aliphatic hydroxyl groups is 1. The van der Waals surface area contributed by atoms with Crippen molar-refractivity contribution in [2.24, 2.45) is 0 Å². The van der Waals surface area contributed by atoms with E-state index >= 15 is 0 Å². The highest BCUT2D eigenvalue weighted by molar-refractivity contribution is 5.92. The topological polar surface area (TPSA) is 97.9 Å². The maximum absolute atomic E-state index is 13.3. The number of benzene rings is 2. The molecule has 0 aliphatic rings. The van der Waals surface area contributed by atoms with Crippen molar-refractivity contribution in [3.63, 3.8) is 0 Å². The van der Waals surface area contributed by atoms with Gasteiger partial charge in [-0.3, -0.25) is 9.59 Å². The number of carbonyl (C=O) groups excluding carboxylic acids is 1. The van der Waals surface area contributed by atoms with Crippen molar-refractivity contribution in [2.75, 3.05) is 11.9 Å². The van der Waals surface area contributed by atoms with Gasteiger partial charge < -0.3 is 19.7 Å². The number of amides is 1. The lowest BCUT2D eigenvalue weighted by Gasteiger charge is -2.12. The van der Waals surface area contributed by atoms with Crippen LogP contribution in [0, 0.1) is 5.82 Å². The van der Waals surface area contributed by atoms with Crippen LogP contribution < -0.4 is 15.6 Å². The molecule has 1 amide bonds. The third-order valence-corrected chi connectivity index (χ3v) is 4.91. The number of halogens is 1. The summed E-state index contributed by atoms with van der Waals surface area (Å²) in [5.41, 5.74) is 1.42. The SMILES string of the molecule is CCOc1ccccc1NC(=O)Cn1ccn2nc(-c3ccc(F)cc3)c(CO)c2c1=O. The molecule has 0 saturated heterocycles. The van der Waals surface area contributed by atoms with Gasteiger partial charge in [-0.15, -0.1) is 0 Å². The van der Waals surface area contributed by atoms with Gasteiger partial charge in [-0.05, 0) is 43.3 Å². The molecule has 164 valence electrons. The van der Waals surface area contributed by atoms with Crippen LogP contribution in [0.3, 0.4) is 0 Å². The molecule has 2 aromatic heterocycles. The van der Waals surface area contributed by atoms with Crippen molar-refractivity contribution in [2.45, 2.75) is 20.1 Å². The number of anilines is 1. The van der Waals surface area contributed by atoms with Crippen LogP contribution in [0.15, 0.2) is 65.7 Å². The summed E-state index contributed by atoms with van der Waals surface area (Å²) in [7, 11) is 0. The monoisotopic (exact) mass is 436 g/mol. The third-order valence-electron chi connectivity index (χ3n) is 4.91. The Kier molecular flexibility index (Phi) is 6.00. The molecule has 32 heavy (non-hydrogen) atoms. The van der Waals surface area contributed by atoms with Gasteiger partial charge in [0.05, 0.1) is 24.6 Å². The Morgan fingerprint density at radius 1 is 1.16 bits per heavy atom. The fraction of sp³-hybridized carbons (Fsp3) is 0.174. The Hall–Kier alpha value is -3.98. The summed E-state index contributed by atoms with van der Waals surface area (Å²) < 4.78 is 21.4. The summed E-state index contributed by atoms with van der Waals surface area (Å²) in [6, 6.07) is 12.6. The number of hydrogen-bond donors (Lipinski definition) is 2. The van der Waals surface area contributed by atoms with Crippen LogP contribution in [0.4, 0.5) is 10.1 Å². The molecule has 0 aliphatic heterocycles. The molecule has 0 spiro atoms. The smallest absolute Gasteiger partial charge is 0.277 e. The number of para-hydroxylation sites is 2. The molecule has 0 fully saturated rings. The second-order valence-corrected chi connectivity index (χ2v) is 6.99. The number of hydrogen-bond acceptors (Lipinski definition) is 5. The first-order valence-corrected chi connectivity index (χ1v) is 10.0. The minimum atomic E-state index is -0.481. The Morgan fingerprint density at radius 3 is 2.62 bits per heavy atom. The van der Waals surface area contributed by atoms with Gasteiger partial charge in [0.25, 0.3) is 5.56 Å². The highest BCUT2D eigenvalue weighted by Crippen LogP contribution is 2.25. The average molecular weight is 436 g/mol. The largest absolute Gasteiger partial charge is 0.492 e. The fourth-order valence-corrected chi connectivity index (χ4v) is 3.46. The molecule has 4 rings (SSSR count). The lowest BCUT2D eigenvalue weighted by molar-refractivity contribution is -0.116. The van der Waals surface area contributed by atoms with Crippen LogP contribution in [-0.4, -0.2) is 31.8 Å². The van der Waals surface area contributed by atoms with Gasteiger partial charge >= 0.3 is 0 Å². The lowest BCUT2D eigenvalue weighted by atomic mass is 10.1. The summed E-state index contributed by atoms with van der Waals surface area (Å²) >= 11 is 0. The Labute approximate surface area is 182 Å². The Balaban J connectivity index is 1.66. The van der Waals surface area contributed by atoms with E-state index in [1.807, 2.05) is 6.92 Å².